The van der Waals surface area contributed by atoms with Crippen molar-refractivity contribution in [2.75, 3.05) is 6.54 Å². The van der Waals surface area contributed by atoms with Gasteiger partial charge in [0, 0.05) is 11.2 Å². The molecule has 0 aromatic heterocycles. The Morgan fingerprint density at radius 3 is 2.39 bits per heavy atom. The van der Waals surface area contributed by atoms with Gasteiger partial charge in [-0.1, -0.05) is 54.1 Å². The Kier molecular flexibility index (Phi) is 4.51. The second kappa shape index (κ2) is 6.34. The minimum atomic E-state index is -0.560. The molecule has 0 unspecified atom stereocenters. The fraction of sp³-hybridized carbons (Fsp3) is 0.133. The molecule has 0 saturated carbocycles. The molecule has 0 spiro atoms. The van der Waals surface area contributed by atoms with Gasteiger partial charge < -0.3 is 5.11 Å². The lowest BCUT2D eigenvalue weighted by atomic mass is 10.1. The van der Waals surface area contributed by atoms with Gasteiger partial charge in [-0.15, -0.1) is 0 Å². The molecule has 0 fully saturated rings. The number of aliphatic hydroxyl groups excluding tert-OH is 1. The van der Waals surface area contributed by atoms with E-state index in [9.17, 15) is 5.11 Å². The summed E-state index contributed by atoms with van der Waals surface area (Å²) in [5.41, 5.74) is 1.85. The average Bonchev–Trinajstić information content (AvgIpc) is 2.42. The van der Waals surface area contributed by atoms with Crippen molar-refractivity contribution in [3.63, 3.8) is 0 Å². The van der Waals surface area contributed by atoms with Crippen LogP contribution in [0.4, 0.5) is 0 Å². The molecule has 2 aromatic carbocycles. The molecule has 3 heteroatoms. The van der Waals surface area contributed by atoms with Crippen molar-refractivity contribution in [1.29, 1.82) is 0 Å². The standard InChI is InChI=1S/C15H14ClNO/c16-14-8-6-12(7-9-14)10-17-11-15(18)13-4-2-1-3-5-13/h1-10,15,18H,11H2/t15-/m0/s1. The fourth-order valence-corrected chi connectivity index (χ4v) is 1.71. The third-order valence-corrected chi connectivity index (χ3v) is 2.83. The third kappa shape index (κ3) is 3.69. The summed E-state index contributed by atoms with van der Waals surface area (Å²) < 4.78 is 0. The Labute approximate surface area is 112 Å². The maximum atomic E-state index is 9.91. The Balaban J connectivity index is 1.93. The van der Waals surface area contributed by atoms with Crippen molar-refractivity contribution in [3.05, 3.63) is 70.7 Å². The molecule has 2 nitrogen and oxygen atoms in total. The van der Waals surface area contributed by atoms with E-state index in [0.29, 0.717) is 11.6 Å². The van der Waals surface area contributed by atoms with Crippen LogP contribution in [-0.4, -0.2) is 17.9 Å². The lowest BCUT2D eigenvalue weighted by molar-refractivity contribution is 0.187. The second-order valence-corrected chi connectivity index (χ2v) is 4.41. The maximum Gasteiger partial charge on any atom is 0.0985 e. The fourth-order valence-electron chi connectivity index (χ4n) is 1.59. The lowest BCUT2D eigenvalue weighted by Gasteiger charge is -2.07. The maximum absolute atomic E-state index is 9.91. The molecule has 2 aromatic rings. The molecule has 0 saturated heterocycles. The minimum absolute atomic E-state index is 0.354. The summed E-state index contributed by atoms with van der Waals surface area (Å²) in [6.07, 6.45) is 1.18. The van der Waals surface area contributed by atoms with Crippen LogP contribution in [-0.2, 0) is 0 Å². The van der Waals surface area contributed by atoms with Gasteiger partial charge in [0.05, 0.1) is 12.6 Å². The van der Waals surface area contributed by atoms with Crippen LogP contribution in [0.2, 0.25) is 5.02 Å². The van der Waals surface area contributed by atoms with E-state index in [2.05, 4.69) is 4.99 Å². The van der Waals surface area contributed by atoms with Crippen LogP contribution in [0.3, 0.4) is 0 Å². The smallest absolute Gasteiger partial charge is 0.0985 e. The zero-order valence-corrected chi connectivity index (χ0v) is 10.6. The summed E-state index contributed by atoms with van der Waals surface area (Å²) in [6, 6.07) is 16.9. The molecule has 0 aliphatic heterocycles. The van der Waals surface area contributed by atoms with Crippen molar-refractivity contribution in [2.24, 2.45) is 4.99 Å². The monoisotopic (exact) mass is 259 g/mol. The molecular formula is C15H14ClNO. The first kappa shape index (κ1) is 12.8. The Morgan fingerprint density at radius 1 is 1.06 bits per heavy atom. The minimum Gasteiger partial charge on any atom is -0.386 e. The summed E-state index contributed by atoms with van der Waals surface area (Å²) in [5, 5.41) is 10.6. The van der Waals surface area contributed by atoms with Gasteiger partial charge in [-0.05, 0) is 23.3 Å². The van der Waals surface area contributed by atoms with Crippen molar-refractivity contribution < 1.29 is 5.11 Å². The zero-order chi connectivity index (χ0) is 12.8. The van der Waals surface area contributed by atoms with Crippen LogP contribution in [0.25, 0.3) is 0 Å². The topological polar surface area (TPSA) is 32.6 Å². The van der Waals surface area contributed by atoms with E-state index in [-0.39, 0.29) is 0 Å². The number of hydrogen-bond acceptors (Lipinski definition) is 2. The summed E-state index contributed by atoms with van der Waals surface area (Å²) in [6.45, 7) is 0.354. The molecule has 1 atom stereocenters. The molecule has 0 bridgehead atoms. The number of rotatable bonds is 4. The molecule has 1 N–H and O–H groups in total. The van der Waals surface area contributed by atoms with Crippen LogP contribution in [0.15, 0.2) is 59.6 Å². The average molecular weight is 260 g/mol. The van der Waals surface area contributed by atoms with E-state index >= 15 is 0 Å². The molecule has 0 radical (unpaired) electrons. The number of aliphatic imine (C=N–C) groups is 1. The number of hydrogen-bond donors (Lipinski definition) is 1. The van der Waals surface area contributed by atoms with E-state index in [1.165, 1.54) is 0 Å². The van der Waals surface area contributed by atoms with Crippen LogP contribution in [0.5, 0.6) is 0 Å². The van der Waals surface area contributed by atoms with E-state index < -0.39 is 6.10 Å². The molecule has 2 rings (SSSR count). The largest absolute Gasteiger partial charge is 0.386 e. The first-order valence-corrected chi connectivity index (χ1v) is 6.12. The quantitative estimate of drug-likeness (QED) is 0.838. The van der Waals surface area contributed by atoms with Gasteiger partial charge in [0.25, 0.3) is 0 Å². The van der Waals surface area contributed by atoms with Crippen molar-refractivity contribution >= 4 is 17.8 Å². The first-order valence-electron chi connectivity index (χ1n) is 5.74. The summed E-state index contributed by atoms with van der Waals surface area (Å²) in [4.78, 5) is 4.23. The molecule has 92 valence electrons. The molecule has 0 amide bonds. The zero-order valence-electron chi connectivity index (χ0n) is 9.83. The van der Waals surface area contributed by atoms with Crippen molar-refractivity contribution in [3.8, 4) is 0 Å². The van der Waals surface area contributed by atoms with Crippen LogP contribution in [0, 0.1) is 0 Å². The SMILES string of the molecule is O[C@@H](CN=Cc1ccc(Cl)cc1)c1ccccc1. The molecule has 0 heterocycles. The first-order chi connectivity index (χ1) is 8.75. The Morgan fingerprint density at radius 2 is 1.72 bits per heavy atom. The van der Waals surface area contributed by atoms with Crippen LogP contribution >= 0.6 is 11.6 Å². The Hall–Kier alpha value is -1.64. The van der Waals surface area contributed by atoms with Gasteiger partial charge in [0.1, 0.15) is 0 Å². The lowest BCUT2D eigenvalue weighted by Crippen LogP contribution is -2.01. The molecule has 0 aliphatic carbocycles. The van der Waals surface area contributed by atoms with E-state index in [4.69, 9.17) is 11.6 Å². The van der Waals surface area contributed by atoms with Gasteiger partial charge in [-0.25, -0.2) is 0 Å². The van der Waals surface area contributed by atoms with E-state index in [0.717, 1.165) is 11.1 Å². The number of nitrogens with zero attached hydrogens (tertiary/aromatic N) is 1. The number of halogens is 1. The molecular weight excluding hydrogens is 246 g/mol. The predicted octanol–water partition coefficient (Wildman–Crippen LogP) is 3.49. The highest BCUT2D eigenvalue weighted by Crippen LogP contribution is 2.12. The van der Waals surface area contributed by atoms with E-state index in [1.807, 2.05) is 54.6 Å². The van der Waals surface area contributed by atoms with Crippen molar-refractivity contribution in [2.45, 2.75) is 6.10 Å². The van der Waals surface area contributed by atoms with Crippen molar-refractivity contribution in [1.82, 2.24) is 0 Å². The number of benzene rings is 2. The van der Waals surface area contributed by atoms with Crippen LogP contribution < -0.4 is 0 Å². The van der Waals surface area contributed by atoms with Gasteiger partial charge in [0.2, 0.25) is 0 Å². The third-order valence-electron chi connectivity index (χ3n) is 2.57. The van der Waals surface area contributed by atoms with Crippen LogP contribution in [0.1, 0.15) is 17.2 Å². The highest BCUT2D eigenvalue weighted by atomic mass is 35.5. The Bertz CT molecular complexity index is 508. The summed E-state index contributed by atoms with van der Waals surface area (Å²) >= 11 is 5.79. The van der Waals surface area contributed by atoms with Gasteiger partial charge >= 0.3 is 0 Å². The highest BCUT2D eigenvalue weighted by molar-refractivity contribution is 6.30. The molecule has 18 heavy (non-hydrogen) atoms. The molecule has 0 aliphatic rings. The van der Waals surface area contributed by atoms with Gasteiger partial charge in [-0.2, -0.15) is 0 Å². The number of aliphatic hydroxyl groups is 1. The highest BCUT2D eigenvalue weighted by Gasteiger charge is 2.04. The second-order valence-electron chi connectivity index (χ2n) is 3.97. The van der Waals surface area contributed by atoms with Gasteiger partial charge in [0.15, 0.2) is 0 Å². The van der Waals surface area contributed by atoms with E-state index in [1.54, 1.807) is 6.21 Å². The van der Waals surface area contributed by atoms with Gasteiger partial charge in [-0.3, -0.25) is 4.99 Å². The predicted molar refractivity (Wildman–Crippen MR) is 75.3 cm³/mol. The normalized spacial score (nSPS) is 12.8. The summed E-state index contributed by atoms with van der Waals surface area (Å²) in [5.74, 6) is 0. The summed E-state index contributed by atoms with van der Waals surface area (Å²) in [7, 11) is 0.